The van der Waals surface area contributed by atoms with Crippen LogP contribution in [0.15, 0.2) is 30.8 Å². The molecule has 0 bridgehead atoms. The van der Waals surface area contributed by atoms with E-state index in [0.29, 0.717) is 0 Å². The Morgan fingerprint density at radius 3 is 2.82 bits per heavy atom. The number of rotatable bonds is 8. The van der Waals surface area contributed by atoms with Crippen LogP contribution in [0.25, 0.3) is 6.08 Å². The molecule has 0 fully saturated rings. The second-order valence-corrected chi connectivity index (χ2v) is 4.74. The van der Waals surface area contributed by atoms with Crippen LogP contribution in [0.2, 0.25) is 0 Å². The maximum absolute atomic E-state index is 5.69. The third kappa shape index (κ3) is 5.18. The standard InChI is InChI=1S/C16H25N/c1-3-5-7-15(10-11-17)13-16-9-6-8-14(4-2)12-16/h4,6,8-9,12,15H,2-3,5,7,10-11,13,17H2,1H3. The van der Waals surface area contributed by atoms with Gasteiger partial charge in [0.1, 0.15) is 0 Å². The van der Waals surface area contributed by atoms with Crippen LogP contribution < -0.4 is 5.73 Å². The molecular weight excluding hydrogens is 206 g/mol. The van der Waals surface area contributed by atoms with Crippen molar-refractivity contribution in [1.82, 2.24) is 0 Å². The molecule has 1 aromatic carbocycles. The lowest BCUT2D eigenvalue weighted by atomic mass is 9.91. The summed E-state index contributed by atoms with van der Waals surface area (Å²) in [5.74, 6) is 0.736. The SMILES string of the molecule is C=Cc1cccc(CC(CCN)CCCC)c1. The Kier molecular flexibility index (Phi) is 6.64. The summed E-state index contributed by atoms with van der Waals surface area (Å²) < 4.78 is 0. The summed E-state index contributed by atoms with van der Waals surface area (Å²) in [7, 11) is 0. The van der Waals surface area contributed by atoms with Gasteiger partial charge in [0, 0.05) is 0 Å². The molecule has 0 aliphatic rings. The lowest BCUT2D eigenvalue weighted by Crippen LogP contribution is -2.11. The van der Waals surface area contributed by atoms with E-state index in [-0.39, 0.29) is 0 Å². The van der Waals surface area contributed by atoms with Crippen molar-refractivity contribution in [2.75, 3.05) is 6.54 Å². The van der Waals surface area contributed by atoms with Gasteiger partial charge in [-0.15, -0.1) is 0 Å². The summed E-state index contributed by atoms with van der Waals surface area (Å²) >= 11 is 0. The van der Waals surface area contributed by atoms with Crippen LogP contribution in [-0.4, -0.2) is 6.54 Å². The molecule has 2 N–H and O–H groups in total. The average molecular weight is 231 g/mol. The number of unbranched alkanes of at least 4 members (excludes halogenated alkanes) is 1. The molecule has 1 rings (SSSR count). The average Bonchev–Trinajstić information content (AvgIpc) is 2.36. The van der Waals surface area contributed by atoms with E-state index < -0.39 is 0 Å². The Hall–Kier alpha value is -1.08. The first kappa shape index (κ1) is 14.0. The Morgan fingerprint density at radius 2 is 2.18 bits per heavy atom. The Balaban J connectivity index is 2.60. The van der Waals surface area contributed by atoms with Crippen LogP contribution in [0, 0.1) is 5.92 Å². The zero-order chi connectivity index (χ0) is 12.5. The highest BCUT2D eigenvalue weighted by Crippen LogP contribution is 2.19. The predicted molar refractivity (Wildman–Crippen MR) is 76.9 cm³/mol. The van der Waals surface area contributed by atoms with Crippen molar-refractivity contribution in [3.8, 4) is 0 Å². The van der Waals surface area contributed by atoms with E-state index >= 15 is 0 Å². The van der Waals surface area contributed by atoms with Crippen molar-refractivity contribution in [3.05, 3.63) is 42.0 Å². The highest BCUT2D eigenvalue weighted by Gasteiger charge is 2.08. The van der Waals surface area contributed by atoms with Gasteiger partial charge in [-0.25, -0.2) is 0 Å². The fourth-order valence-electron chi connectivity index (χ4n) is 2.26. The predicted octanol–water partition coefficient (Wildman–Crippen LogP) is 4.03. The van der Waals surface area contributed by atoms with E-state index in [1.54, 1.807) is 0 Å². The molecule has 1 nitrogen and oxygen atoms in total. The molecule has 1 aromatic rings. The maximum atomic E-state index is 5.69. The minimum Gasteiger partial charge on any atom is -0.330 e. The maximum Gasteiger partial charge on any atom is -0.00745 e. The summed E-state index contributed by atoms with van der Waals surface area (Å²) in [5, 5.41) is 0. The fourth-order valence-corrected chi connectivity index (χ4v) is 2.26. The summed E-state index contributed by atoms with van der Waals surface area (Å²) in [6, 6.07) is 8.66. The van der Waals surface area contributed by atoms with E-state index in [2.05, 4.69) is 37.8 Å². The highest BCUT2D eigenvalue weighted by atomic mass is 14.5. The van der Waals surface area contributed by atoms with Crippen LogP contribution >= 0.6 is 0 Å². The lowest BCUT2D eigenvalue weighted by Gasteiger charge is -2.16. The molecule has 0 saturated carbocycles. The number of nitrogens with two attached hydrogens (primary N) is 1. The van der Waals surface area contributed by atoms with E-state index in [1.165, 1.54) is 30.4 Å². The van der Waals surface area contributed by atoms with Crippen molar-refractivity contribution in [2.45, 2.75) is 39.0 Å². The molecular formula is C16H25N. The molecule has 0 aromatic heterocycles. The third-order valence-corrected chi connectivity index (χ3v) is 3.25. The second kappa shape index (κ2) is 8.08. The molecule has 1 atom stereocenters. The van der Waals surface area contributed by atoms with E-state index in [9.17, 15) is 0 Å². The fraction of sp³-hybridized carbons (Fsp3) is 0.500. The first-order valence-electron chi connectivity index (χ1n) is 6.71. The van der Waals surface area contributed by atoms with Crippen molar-refractivity contribution in [1.29, 1.82) is 0 Å². The van der Waals surface area contributed by atoms with Crippen LogP contribution in [0.3, 0.4) is 0 Å². The topological polar surface area (TPSA) is 26.0 Å². The molecule has 17 heavy (non-hydrogen) atoms. The van der Waals surface area contributed by atoms with Gasteiger partial charge in [-0.2, -0.15) is 0 Å². The van der Waals surface area contributed by atoms with Gasteiger partial charge in [0.25, 0.3) is 0 Å². The number of hydrogen-bond acceptors (Lipinski definition) is 1. The van der Waals surface area contributed by atoms with Crippen LogP contribution in [0.5, 0.6) is 0 Å². The molecule has 0 aliphatic heterocycles. The highest BCUT2D eigenvalue weighted by molar-refractivity contribution is 5.47. The van der Waals surface area contributed by atoms with E-state index in [4.69, 9.17) is 5.73 Å². The van der Waals surface area contributed by atoms with Gasteiger partial charge in [0.05, 0.1) is 0 Å². The smallest absolute Gasteiger partial charge is 0.00745 e. The second-order valence-electron chi connectivity index (χ2n) is 4.74. The molecule has 0 aliphatic carbocycles. The van der Waals surface area contributed by atoms with Gasteiger partial charge >= 0.3 is 0 Å². The number of benzene rings is 1. The van der Waals surface area contributed by atoms with Gasteiger partial charge in [0.15, 0.2) is 0 Å². The summed E-state index contributed by atoms with van der Waals surface area (Å²) in [4.78, 5) is 0. The summed E-state index contributed by atoms with van der Waals surface area (Å²) in [5.41, 5.74) is 8.32. The van der Waals surface area contributed by atoms with Crippen molar-refractivity contribution < 1.29 is 0 Å². The first-order valence-corrected chi connectivity index (χ1v) is 6.71. The zero-order valence-electron chi connectivity index (χ0n) is 11.0. The largest absolute Gasteiger partial charge is 0.330 e. The molecule has 0 saturated heterocycles. The van der Waals surface area contributed by atoms with Crippen molar-refractivity contribution in [3.63, 3.8) is 0 Å². The van der Waals surface area contributed by atoms with Crippen molar-refractivity contribution >= 4 is 6.08 Å². The Morgan fingerprint density at radius 1 is 1.35 bits per heavy atom. The van der Waals surface area contributed by atoms with Crippen LogP contribution in [-0.2, 0) is 6.42 Å². The van der Waals surface area contributed by atoms with Crippen LogP contribution in [0.1, 0.15) is 43.7 Å². The van der Waals surface area contributed by atoms with Crippen molar-refractivity contribution in [2.24, 2.45) is 11.7 Å². The number of hydrogen-bond donors (Lipinski definition) is 1. The Bertz CT molecular complexity index is 330. The molecule has 0 radical (unpaired) electrons. The summed E-state index contributed by atoms with van der Waals surface area (Å²) in [6.45, 7) is 6.87. The molecule has 94 valence electrons. The minimum atomic E-state index is 0.736. The minimum absolute atomic E-state index is 0.736. The molecule has 0 amide bonds. The van der Waals surface area contributed by atoms with Crippen LogP contribution in [0.4, 0.5) is 0 Å². The van der Waals surface area contributed by atoms with Gasteiger partial charge in [-0.05, 0) is 36.4 Å². The first-order chi connectivity index (χ1) is 8.30. The third-order valence-electron chi connectivity index (χ3n) is 3.25. The zero-order valence-corrected chi connectivity index (χ0v) is 11.0. The quantitative estimate of drug-likeness (QED) is 0.718. The molecule has 1 heteroatoms. The normalized spacial score (nSPS) is 12.4. The van der Waals surface area contributed by atoms with Gasteiger partial charge in [-0.3, -0.25) is 0 Å². The Labute approximate surface area is 106 Å². The van der Waals surface area contributed by atoms with E-state index in [0.717, 1.165) is 25.3 Å². The lowest BCUT2D eigenvalue weighted by molar-refractivity contribution is 0.437. The van der Waals surface area contributed by atoms with Gasteiger partial charge in [-0.1, -0.05) is 63.1 Å². The van der Waals surface area contributed by atoms with E-state index in [1.807, 2.05) is 6.08 Å². The molecule has 0 heterocycles. The van der Waals surface area contributed by atoms with Gasteiger partial charge in [0.2, 0.25) is 0 Å². The molecule has 1 unspecified atom stereocenters. The monoisotopic (exact) mass is 231 g/mol. The summed E-state index contributed by atoms with van der Waals surface area (Å²) in [6.07, 6.45) is 8.08. The molecule has 0 spiro atoms. The van der Waals surface area contributed by atoms with Gasteiger partial charge < -0.3 is 5.73 Å².